The van der Waals surface area contributed by atoms with Crippen molar-refractivity contribution in [3.05, 3.63) is 90.0 Å². The lowest BCUT2D eigenvalue weighted by Gasteiger charge is -2.18. The molecule has 8 nitrogen and oxygen atoms in total. The van der Waals surface area contributed by atoms with Gasteiger partial charge in [-0.25, -0.2) is 8.42 Å². The number of benzene rings is 3. The van der Waals surface area contributed by atoms with Gasteiger partial charge in [0.25, 0.3) is 0 Å². The molecule has 0 spiro atoms. The Kier molecular flexibility index (Phi) is 7.24. The molecule has 3 aromatic carbocycles. The van der Waals surface area contributed by atoms with E-state index in [0.29, 0.717) is 42.3 Å². The number of sulfonamides is 1. The first kappa shape index (κ1) is 23.5. The third-order valence-electron chi connectivity index (χ3n) is 5.08. The van der Waals surface area contributed by atoms with Gasteiger partial charge in [-0.05, 0) is 12.1 Å². The molecule has 176 valence electrons. The minimum absolute atomic E-state index is 0.0791. The van der Waals surface area contributed by atoms with Crippen LogP contribution in [-0.2, 0) is 19.6 Å². The number of carbonyl (C=O) groups excluding carboxylic acids is 2. The predicted octanol–water partition coefficient (Wildman–Crippen LogP) is 3.29. The lowest BCUT2D eigenvalue weighted by molar-refractivity contribution is -0.145. The van der Waals surface area contributed by atoms with Gasteiger partial charge in [0.05, 0.1) is 18.1 Å². The second-order valence-electron chi connectivity index (χ2n) is 7.49. The Bertz CT molecular complexity index is 1260. The number of rotatable bonds is 8. The lowest BCUT2D eigenvalue weighted by Crippen LogP contribution is -2.32. The van der Waals surface area contributed by atoms with E-state index in [2.05, 4.69) is 4.72 Å². The molecule has 0 aromatic heterocycles. The van der Waals surface area contributed by atoms with Crippen LogP contribution in [0.3, 0.4) is 0 Å². The van der Waals surface area contributed by atoms with E-state index in [9.17, 15) is 18.0 Å². The highest BCUT2D eigenvalue weighted by atomic mass is 32.2. The Morgan fingerprint density at radius 2 is 1.53 bits per heavy atom. The van der Waals surface area contributed by atoms with Crippen LogP contribution in [-0.4, -0.2) is 39.9 Å². The fourth-order valence-electron chi connectivity index (χ4n) is 3.38. The fourth-order valence-corrected chi connectivity index (χ4v) is 4.36. The van der Waals surface area contributed by atoms with Crippen molar-refractivity contribution in [2.75, 3.05) is 19.8 Å². The molecule has 0 amide bonds. The number of ketones is 1. The van der Waals surface area contributed by atoms with Crippen molar-refractivity contribution in [3.63, 3.8) is 0 Å². The molecule has 1 atom stereocenters. The quantitative estimate of drug-likeness (QED) is 0.389. The molecule has 1 aliphatic rings. The number of Topliss-reactive ketones (excluding diaryl/α,β-unsaturated/α-hetero) is 1. The van der Waals surface area contributed by atoms with Gasteiger partial charge in [-0.15, -0.1) is 0 Å². The highest BCUT2D eigenvalue weighted by Crippen LogP contribution is 2.32. The smallest absolute Gasteiger partial charge is 0.322 e. The first-order chi connectivity index (χ1) is 16.4. The third-order valence-corrected chi connectivity index (χ3v) is 6.48. The maximum atomic E-state index is 13.0. The molecule has 0 fully saturated rings. The normalized spacial score (nSPS) is 14.0. The van der Waals surface area contributed by atoms with Crippen LogP contribution in [0.4, 0.5) is 0 Å². The maximum Gasteiger partial charge on any atom is 0.322 e. The maximum absolute atomic E-state index is 13.0. The van der Waals surface area contributed by atoms with E-state index < -0.39 is 34.4 Å². The molecule has 0 bridgehead atoms. The summed E-state index contributed by atoms with van der Waals surface area (Å²) in [6.45, 7) is 0.238. The van der Waals surface area contributed by atoms with Crippen LogP contribution >= 0.6 is 0 Å². The molecule has 34 heavy (non-hydrogen) atoms. The standard InChI is InChI=1S/C25H23NO7S/c27-23(17-26-34(29,30)20-12-13-21-22(16-20)32-15-7-14-31-21)33-25(19-10-5-2-6-11-19)24(28)18-8-3-1-4-9-18/h1-6,8-13,16,25-26H,7,14-15,17H2. The molecule has 0 saturated heterocycles. The zero-order chi connectivity index (χ0) is 24.0. The lowest BCUT2D eigenvalue weighted by atomic mass is 10.00. The second-order valence-corrected chi connectivity index (χ2v) is 9.26. The molecule has 0 aliphatic carbocycles. The fraction of sp³-hybridized carbons (Fsp3) is 0.200. The third kappa shape index (κ3) is 5.62. The number of nitrogens with one attached hydrogen (secondary N) is 1. The second kappa shape index (κ2) is 10.5. The van der Waals surface area contributed by atoms with Crippen molar-refractivity contribution in [2.45, 2.75) is 17.4 Å². The predicted molar refractivity (Wildman–Crippen MR) is 123 cm³/mol. The number of carbonyl (C=O) groups is 2. The number of hydrogen-bond acceptors (Lipinski definition) is 7. The summed E-state index contributed by atoms with van der Waals surface area (Å²) in [6, 6.07) is 21.2. The van der Waals surface area contributed by atoms with Crippen LogP contribution < -0.4 is 14.2 Å². The van der Waals surface area contributed by atoms with E-state index in [4.69, 9.17) is 14.2 Å². The van der Waals surface area contributed by atoms with Crippen LogP contribution in [0.2, 0.25) is 0 Å². The first-order valence-corrected chi connectivity index (χ1v) is 12.2. The van der Waals surface area contributed by atoms with Crippen LogP contribution in [0.15, 0.2) is 83.8 Å². The Hall–Kier alpha value is -3.69. The zero-order valence-electron chi connectivity index (χ0n) is 18.2. The van der Waals surface area contributed by atoms with Crippen LogP contribution in [0.5, 0.6) is 11.5 Å². The number of esters is 1. The molecular formula is C25H23NO7S. The Balaban J connectivity index is 1.46. The Morgan fingerprint density at radius 1 is 0.882 bits per heavy atom. The molecule has 3 aromatic rings. The van der Waals surface area contributed by atoms with E-state index in [1.165, 1.54) is 18.2 Å². The van der Waals surface area contributed by atoms with Gasteiger partial charge < -0.3 is 14.2 Å². The molecule has 4 rings (SSSR count). The molecular weight excluding hydrogens is 458 g/mol. The van der Waals surface area contributed by atoms with Gasteiger partial charge in [-0.1, -0.05) is 60.7 Å². The number of fused-ring (bicyclic) bond motifs is 1. The van der Waals surface area contributed by atoms with Crippen molar-refractivity contribution < 1.29 is 32.2 Å². The molecule has 0 radical (unpaired) electrons. The average molecular weight is 482 g/mol. The van der Waals surface area contributed by atoms with E-state index in [-0.39, 0.29) is 4.90 Å². The van der Waals surface area contributed by atoms with Crippen molar-refractivity contribution in [2.24, 2.45) is 0 Å². The molecule has 0 saturated carbocycles. The van der Waals surface area contributed by atoms with Gasteiger partial charge in [0.1, 0.15) is 6.54 Å². The van der Waals surface area contributed by atoms with Crippen molar-refractivity contribution in [3.8, 4) is 11.5 Å². The Labute approximate surface area is 197 Å². The minimum atomic E-state index is -4.04. The monoisotopic (exact) mass is 481 g/mol. The largest absolute Gasteiger partial charge is 0.490 e. The van der Waals surface area contributed by atoms with Gasteiger partial charge in [-0.3, -0.25) is 9.59 Å². The van der Waals surface area contributed by atoms with Gasteiger partial charge in [0.15, 0.2) is 17.6 Å². The van der Waals surface area contributed by atoms with Crippen molar-refractivity contribution >= 4 is 21.8 Å². The summed E-state index contributed by atoms with van der Waals surface area (Å²) in [7, 11) is -4.04. The van der Waals surface area contributed by atoms with Crippen LogP contribution in [0.25, 0.3) is 0 Å². The van der Waals surface area contributed by atoms with E-state index in [1.807, 2.05) is 0 Å². The highest BCUT2D eigenvalue weighted by molar-refractivity contribution is 7.89. The van der Waals surface area contributed by atoms with Gasteiger partial charge in [0, 0.05) is 23.6 Å². The zero-order valence-corrected chi connectivity index (χ0v) is 19.0. The van der Waals surface area contributed by atoms with Gasteiger partial charge in [0.2, 0.25) is 15.8 Å². The van der Waals surface area contributed by atoms with E-state index in [1.54, 1.807) is 60.7 Å². The number of hydrogen-bond donors (Lipinski definition) is 1. The van der Waals surface area contributed by atoms with Crippen LogP contribution in [0.1, 0.15) is 28.4 Å². The van der Waals surface area contributed by atoms with E-state index >= 15 is 0 Å². The average Bonchev–Trinajstić information content (AvgIpc) is 3.12. The van der Waals surface area contributed by atoms with Gasteiger partial charge >= 0.3 is 5.97 Å². The summed E-state index contributed by atoms with van der Waals surface area (Å²) in [5.74, 6) is -0.525. The van der Waals surface area contributed by atoms with E-state index in [0.717, 1.165) is 0 Å². The topological polar surface area (TPSA) is 108 Å². The molecule has 1 heterocycles. The first-order valence-electron chi connectivity index (χ1n) is 10.7. The van der Waals surface area contributed by atoms with Crippen molar-refractivity contribution in [1.82, 2.24) is 4.72 Å². The molecule has 1 N–H and O–H groups in total. The Morgan fingerprint density at radius 3 is 2.24 bits per heavy atom. The summed E-state index contributed by atoms with van der Waals surface area (Å²) in [5, 5.41) is 0. The highest BCUT2D eigenvalue weighted by Gasteiger charge is 2.27. The van der Waals surface area contributed by atoms with Crippen molar-refractivity contribution in [1.29, 1.82) is 0 Å². The summed E-state index contributed by atoms with van der Waals surface area (Å²) < 4.78 is 44.2. The summed E-state index contributed by atoms with van der Waals surface area (Å²) >= 11 is 0. The van der Waals surface area contributed by atoms with Gasteiger partial charge in [-0.2, -0.15) is 4.72 Å². The summed E-state index contributed by atoms with van der Waals surface area (Å²) in [4.78, 5) is 25.5. The number of ether oxygens (including phenoxy) is 3. The summed E-state index contributed by atoms with van der Waals surface area (Å²) in [5.41, 5.74) is 0.854. The SMILES string of the molecule is O=C(CNS(=O)(=O)c1ccc2c(c1)OCCCO2)OC(C(=O)c1ccccc1)c1ccccc1. The molecule has 9 heteroatoms. The minimum Gasteiger partial charge on any atom is -0.490 e. The molecule has 1 unspecified atom stereocenters. The van der Waals surface area contributed by atoms with Crippen LogP contribution in [0, 0.1) is 0 Å². The molecule has 1 aliphatic heterocycles. The summed E-state index contributed by atoms with van der Waals surface area (Å²) in [6.07, 6.45) is -0.524.